The molecule has 0 atom stereocenters. The number of halogens is 1. The van der Waals surface area contributed by atoms with E-state index >= 15 is 0 Å². The Bertz CT molecular complexity index is 1250. The Morgan fingerprint density at radius 3 is 2.64 bits per heavy atom. The van der Waals surface area contributed by atoms with Crippen LogP contribution in [0.25, 0.3) is 5.69 Å². The first-order valence-corrected chi connectivity index (χ1v) is 11.8. The van der Waals surface area contributed by atoms with E-state index in [2.05, 4.69) is 15.7 Å². The highest BCUT2D eigenvalue weighted by Gasteiger charge is 2.13. The predicted octanol–water partition coefficient (Wildman–Crippen LogP) is 5.51. The van der Waals surface area contributed by atoms with E-state index in [0.29, 0.717) is 27.7 Å². The van der Waals surface area contributed by atoms with Crippen molar-refractivity contribution in [2.24, 2.45) is 0 Å². The molecule has 0 bridgehead atoms. The minimum atomic E-state index is -0.254. The van der Waals surface area contributed by atoms with Gasteiger partial charge in [-0.2, -0.15) is 5.10 Å². The topological polar surface area (TPSA) is 76.0 Å². The zero-order valence-electron chi connectivity index (χ0n) is 18.0. The maximum atomic E-state index is 12.6. The Kier molecular flexibility index (Phi) is 7.22. The highest BCUT2D eigenvalue weighted by Crippen LogP contribution is 2.24. The number of thiophene rings is 1. The number of rotatable bonds is 8. The fourth-order valence-corrected chi connectivity index (χ4v) is 4.17. The second kappa shape index (κ2) is 10.5. The summed E-state index contributed by atoms with van der Waals surface area (Å²) in [4.78, 5) is 25.5. The number of benzene rings is 2. The second-order valence-corrected chi connectivity index (χ2v) is 8.86. The molecule has 0 unspecified atom stereocenters. The molecular formula is C25H23ClN4O2S. The summed E-state index contributed by atoms with van der Waals surface area (Å²) in [6.07, 6.45) is 3.62. The van der Waals surface area contributed by atoms with Crippen LogP contribution in [0, 0.1) is 6.92 Å². The summed E-state index contributed by atoms with van der Waals surface area (Å²) in [5.74, 6) is -0.467. The molecular weight excluding hydrogens is 456 g/mol. The number of aromatic nitrogens is 2. The van der Waals surface area contributed by atoms with E-state index in [1.165, 1.54) is 11.3 Å². The van der Waals surface area contributed by atoms with Crippen LogP contribution in [0.4, 0.5) is 5.69 Å². The van der Waals surface area contributed by atoms with Gasteiger partial charge in [0.25, 0.3) is 11.8 Å². The molecule has 4 aromatic rings. The third-order valence-electron chi connectivity index (χ3n) is 5.15. The molecule has 0 aliphatic carbocycles. The van der Waals surface area contributed by atoms with E-state index in [9.17, 15) is 9.59 Å². The maximum absolute atomic E-state index is 12.6. The highest BCUT2D eigenvalue weighted by atomic mass is 35.5. The van der Waals surface area contributed by atoms with Crippen LogP contribution in [0.2, 0.25) is 5.02 Å². The fourth-order valence-electron chi connectivity index (χ4n) is 3.39. The molecule has 168 valence electrons. The van der Waals surface area contributed by atoms with Gasteiger partial charge in [-0.1, -0.05) is 35.9 Å². The normalized spacial score (nSPS) is 10.7. The van der Waals surface area contributed by atoms with Crippen LogP contribution in [0.1, 0.15) is 37.7 Å². The van der Waals surface area contributed by atoms with Gasteiger partial charge in [0, 0.05) is 18.3 Å². The first kappa shape index (κ1) is 22.8. The molecule has 2 heterocycles. The molecule has 0 aliphatic rings. The summed E-state index contributed by atoms with van der Waals surface area (Å²) in [6.45, 7) is 2.52. The molecule has 2 N–H and O–H groups in total. The summed E-state index contributed by atoms with van der Waals surface area (Å²) in [7, 11) is 0. The van der Waals surface area contributed by atoms with Crippen molar-refractivity contribution in [3.8, 4) is 5.69 Å². The number of anilines is 1. The summed E-state index contributed by atoms with van der Waals surface area (Å²) in [5.41, 5.74) is 4.00. The Morgan fingerprint density at radius 1 is 1.06 bits per heavy atom. The number of nitrogens with one attached hydrogen (secondary N) is 2. The number of carbonyl (C=O) groups is 2. The lowest BCUT2D eigenvalue weighted by atomic mass is 10.1. The van der Waals surface area contributed by atoms with Crippen LogP contribution < -0.4 is 10.6 Å². The zero-order valence-corrected chi connectivity index (χ0v) is 19.6. The average Bonchev–Trinajstić information content (AvgIpc) is 3.49. The lowest BCUT2D eigenvalue weighted by Gasteiger charge is -2.10. The average molecular weight is 479 g/mol. The van der Waals surface area contributed by atoms with Crippen molar-refractivity contribution >= 4 is 40.4 Å². The monoisotopic (exact) mass is 478 g/mol. The molecule has 2 amide bonds. The minimum Gasteiger partial charge on any atom is -0.352 e. The smallest absolute Gasteiger partial charge is 0.265 e. The van der Waals surface area contributed by atoms with Gasteiger partial charge in [-0.15, -0.1) is 11.3 Å². The van der Waals surface area contributed by atoms with Crippen molar-refractivity contribution in [2.45, 2.75) is 19.8 Å². The van der Waals surface area contributed by atoms with Crippen molar-refractivity contribution in [3.05, 3.63) is 99.0 Å². The van der Waals surface area contributed by atoms with Gasteiger partial charge in [0.2, 0.25) is 0 Å². The maximum Gasteiger partial charge on any atom is 0.265 e. The van der Waals surface area contributed by atoms with Crippen LogP contribution in [0.3, 0.4) is 0 Å². The second-order valence-electron chi connectivity index (χ2n) is 7.51. The molecule has 8 heteroatoms. The van der Waals surface area contributed by atoms with Gasteiger partial charge in [-0.05, 0) is 67.1 Å². The lowest BCUT2D eigenvalue weighted by molar-refractivity contribution is 0.0952. The van der Waals surface area contributed by atoms with E-state index in [0.717, 1.165) is 29.8 Å². The summed E-state index contributed by atoms with van der Waals surface area (Å²) in [6, 6.07) is 18.4. The van der Waals surface area contributed by atoms with E-state index in [1.807, 2.05) is 53.5 Å². The van der Waals surface area contributed by atoms with Gasteiger partial charge >= 0.3 is 0 Å². The van der Waals surface area contributed by atoms with Crippen molar-refractivity contribution < 1.29 is 9.59 Å². The van der Waals surface area contributed by atoms with E-state index in [-0.39, 0.29) is 11.8 Å². The Morgan fingerprint density at radius 2 is 1.88 bits per heavy atom. The number of aryl methyl sites for hydroxylation is 2. The number of nitrogens with zero attached hydrogens (tertiary/aromatic N) is 2. The summed E-state index contributed by atoms with van der Waals surface area (Å²) >= 11 is 7.55. The largest absolute Gasteiger partial charge is 0.352 e. The number of para-hydroxylation sites is 1. The Hall–Kier alpha value is -3.42. The number of carbonyl (C=O) groups excluding carboxylic acids is 2. The number of hydrogen-bond donors (Lipinski definition) is 2. The van der Waals surface area contributed by atoms with Gasteiger partial charge in [0.15, 0.2) is 0 Å². The van der Waals surface area contributed by atoms with E-state index in [1.54, 1.807) is 30.3 Å². The summed E-state index contributed by atoms with van der Waals surface area (Å²) < 4.78 is 1.88. The molecule has 0 aliphatic heterocycles. The molecule has 6 nitrogen and oxygen atoms in total. The molecule has 0 radical (unpaired) electrons. The van der Waals surface area contributed by atoms with Crippen LogP contribution >= 0.6 is 22.9 Å². The van der Waals surface area contributed by atoms with Crippen molar-refractivity contribution in [3.63, 3.8) is 0 Å². The van der Waals surface area contributed by atoms with Gasteiger partial charge in [-0.3, -0.25) is 9.59 Å². The molecule has 0 saturated carbocycles. The number of amides is 2. The van der Waals surface area contributed by atoms with Gasteiger partial charge in [0.1, 0.15) is 0 Å². The van der Waals surface area contributed by atoms with Crippen LogP contribution in [-0.4, -0.2) is 28.1 Å². The zero-order chi connectivity index (χ0) is 23.2. The van der Waals surface area contributed by atoms with E-state index < -0.39 is 0 Å². The first-order valence-electron chi connectivity index (χ1n) is 10.5. The molecule has 2 aromatic heterocycles. The Balaban J connectivity index is 1.31. The fraction of sp³-hybridized carbons (Fsp3) is 0.160. The third kappa shape index (κ3) is 5.69. The molecule has 0 spiro atoms. The SMILES string of the molecule is Cc1nn(-c2ccccc2)cc1CCCNC(=O)c1ccc(Cl)c(NC(=O)c2cccs2)c1. The van der Waals surface area contributed by atoms with Crippen molar-refractivity contribution in [2.75, 3.05) is 11.9 Å². The summed E-state index contributed by atoms with van der Waals surface area (Å²) in [5, 5.41) is 12.5. The molecule has 33 heavy (non-hydrogen) atoms. The first-order chi connectivity index (χ1) is 16.0. The quantitative estimate of drug-likeness (QED) is 0.328. The van der Waals surface area contributed by atoms with Crippen LogP contribution in [-0.2, 0) is 6.42 Å². The highest BCUT2D eigenvalue weighted by molar-refractivity contribution is 7.12. The molecule has 4 rings (SSSR count). The third-order valence-corrected chi connectivity index (χ3v) is 6.35. The molecule has 0 saturated heterocycles. The van der Waals surface area contributed by atoms with Crippen LogP contribution in [0.5, 0.6) is 0 Å². The molecule has 0 fully saturated rings. The van der Waals surface area contributed by atoms with E-state index in [4.69, 9.17) is 11.6 Å². The van der Waals surface area contributed by atoms with Crippen molar-refractivity contribution in [1.82, 2.24) is 15.1 Å². The van der Waals surface area contributed by atoms with Gasteiger partial charge < -0.3 is 10.6 Å². The minimum absolute atomic E-state index is 0.213. The van der Waals surface area contributed by atoms with Crippen molar-refractivity contribution in [1.29, 1.82) is 0 Å². The van der Waals surface area contributed by atoms with Gasteiger partial charge in [0.05, 0.1) is 27.0 Å². The Labute approximate surface area is 201 Å². The standard InChI is InChI=1S/C25H23ClN4O2S/c1-17-19(16-30(29-17)20-8-3-2-4-9-20)7-5-13-27-24(31)18-11-12-21(26)22(15-18)28-25(32)23-10-6-14-33-23/h2-4,6,8-12,14-16H,5,7,13H2,1H3,(H,27,31)(H,28,32). The van der Waals surface area contributed by atoms with Gasteiger partial charge in [-0.25, -0.2) is 4.68 Å². The molecule has 2 aromatic carbocycles. The van der Waals surface area contributed by atoms with Crippen LogP contribution in [0.15, 0.2) is 72.2 Å². The lowest BCUT2D eigenvalue weighted by Crippen LogP contribution is -2.25. The number of hydrogen-bond acceptors (Lipinski definition) is 4. The predicted molar refractivity (Wildman–Crippen MR) is 133 cm³/mol.